The molecule has 8 heteroatoms. The molecule has 0 unspecified atom stereocenters. The van der Waals surface area contributed by atoms with Gasteiger partial charge >= 0.3 is 0 Å². The van der Waals surface area contributed by atoms with Crippen LogP contribution in [-0.2, 0) is 0 Å². The normalized spacial score (nSPS) is 10.8. The van der Waals surface area contributed by atoms with Crippen molar-refractivity contribution in [2.75, 3.05) is 5.32 Å². The first-order chi connectivity index (χ1) is 13.9. The molecule has 0 fully saturated rings. The van der Waals surface area contributed by atoms with Gasteiger partial charge in [0.25, 0.3) is 11.6 Å². The van der Waals surface area contributed by atoms with Crippen LogP contribution in [0, 0.1) is 17.0 Å². The lowest BCUT2D eigenvalue weighted by Crippen LogP contribution is -2.14. The Labute approximate surface area is 178 Å². The second-order valence-electron chi connectivity index (χ2n) is 6.39. The SMILES string of the molecule is Cc1ccc(-c2nc3ccccc3s2)cc1NC(=O)c1cc([N+](=O)[O-])ccc1Br. The zero-order chi connectivity index (χ0) is 20.5. The number of carbonyl (C=O) groups excluding carboxylic acids is 1. The summed E-state index contributed by atoms with van der Waals surface area (Å²) in [5.74, 6) is -0.426. The highest BCUT2D eigenvalue weighted by Gasteiger charge is 2.17. The number of nitrogens with one attached hydrogen (secondary N) is 1. The fraction of sp³-hybridized carbons (Fsp3) is 0.0476. The predicted octanol–water partition coefficient (Wildman–Crippen LogP) is 6.19. The minimum absolute atomic E-state index is 0.140. The van der Waals surface area contributed by atoms with E-state index >= 15 is 0 Å². The van der Waals surface area contributed by atoms with Gasteiger partial charge in [-0.1, -0.05) is 24.3 Å². The molecule has 0 bridgehead atoms. The monoisotopic (exact) mass is 467 g/mol. The molecule has 0 saturated carbocycles. The van der Waals surface area contributed by atoms with Crippen LogP contribution in [0.5, 0.6) is 0 Å². The van der Waals surface area contributed by atoms with Crippen molar-refractivity contribution < 1.29 is 9.72 Å². The van der Waals surface area contributed by atoms with Gasteiger partial charge in [-0.15, -0.1) is 11.3 Å². The first-order valence-corrected chi connectivity index (χ1v) is 10.3. The van der Waals surface area contributed by atoms with Crippen molar-refractivity contribution in [3.05, 3.63) is 86.4 Å². The molecular formula is C21H14BrN3O3S. The molecule has 1 N–H and O–H groups in total. The van der Waals surface area contributed by atoms with Gasteiger partial charge < -0.3 is 5.32 Å². The number of aromatic nitrogens is 1. The number of thiazole rings is 1. The van der Waals surface area contributed by atoms with Crippen LogP contribution in [0.1, 0.15) is 15.9 Å². The molecule has 4 rings (SSSR count). The summed E-state index contributed by atoms with van der Waals surface area (Å²) in [5, 5.41) is 14.7. The summed E-state index contributed by atoms with van der Waals surface area (Å²) in [6, 6.07) is 17.8. The molecule has 0 spiro atoms. The summed E-state index contributed by atoms with van der Waals surface area (Å²) in [6.07, 6.45) is 0. The molecule has 0 aliphatic carbocycles. The number of para-hydroxylation sites is 1. The molecule has 144 valence electrons. The highest BCUT2D eigenvalue weighted by Crippen LogP contribution is 2.32. The Kier molecular flexibility index (Phi) is 5.12. The van der Waals surface area contributed by atoms with Gasteiger partial charge in [0.2, 0.25) is 0 Å². The van der Waals surface area contributed by atoms with Crippen LogP contribution in [0.2, 0.25) is 0 Å². The van der Waals surface area contributed by atoms with Crippen LogP contribution >= 0.6 is 27.3 Å². The van der Waals surface area contributed by atoms with Crippen molar-refractivity contribution in [3.8, 4) is 10.6 Å². The van der Waals surface area contributed by atoms with Gasteiger partial charge in [0, 0.05) is 27.9 Å². The van der Waals surface area contributed by atoms with E-state index in [0.29, 0.717) is 10.2 Å². The molecule has 0 radical (unpaired) electrons. The Bertz CT molecular complexity index is 1240. The van der Waals surface area contributed by atoms with Crippen molar-refractivity contribution in [1.82, 2.24) is 4.98 Å². The van der Waals surface area contributed by atoms with Crippen molar-refractivity contribution in [2.45, 2.75) is 6.92 Å². The first kappa shape index (κ1) is 19.2. The Hall–Kier alpha value is -3.10. The number of hydrogen-bond donors (Lipinski definition) is 1. The second kappa shape index (κ2) is 7.73. The van der Waals surface area contributed by atoms with E-state index in [1.165, 1.54) is 18.2 Å². The molecule has 4 aromatic rings. The quantitative estimate of drug-likeness (QED) is 0.286. The number of anilines is 1. The zero-order valence-corrected chi connectivity index (χ0v) is 17.6. The van der Waals surface area contributed by atoms with Gasteiger partial charge in [-0.3, -0.25) is 14.9 Å². The average molecular weight is 468 g/mol. The number of nitrogens with zero attached hydrogens (tertiary/aromatic N) is 2. The van der Waals surface area contributed by atoms with E-state index in [0.717, 1.165) is 26.4 Å². The summed E-state index contributed by atoms with van der Waals surface area (Å²) in [5.41, 5.74) is 3.39. The molecule has 0 saturated heterocycles. The van der Waals surface area contributed by atoms with Gasteiger partial charge in [-0.2, -0.15) is 0 Å². The van der Waals surface area contributed by atoms with Gasteiger partial charge in [0.1, 0.15) is 5.01 Å². The van der Waals surface area contributed by atoms with E-state index in [2.05, 4.69) is 26.2 Å². The van der Waals surface area contributed by atoms with Crippen molar-refractivity contribution in [1.29, 1.82) is 0 Å². The standard InChI is InChI=1S/C21H14BrN3O3S/c1-12-6-7-13(21-24-17-4-2-3-5-19(17)29-21)10-18(12)23-20(26)15-11-14(25(27)28)8-9-16(15)22/h2-11H,1H3,(H,23,26). The Morgan fingerprint density at radius 2 is 1.93 bits per heavy atom. The van der Waals surface area contributed by atoms with Crippen molar-refractivity contribution in [3.63, 3.8) is 0 Å². The number of halogens is 1. The van der Waals surface area contributed by atoms with Crippen molar-refractivity contribution in [2.24, 2.45) is 0 Å². The molecule has 0 atom stereocenters. The maximum atomic E-state index is 12.8. The van der Waals surface area contributed by atoms with Gasteiger partial charge in [-0.25, -0.2) is 4.98 Å². The lowest BCUT2D eigenvalue weighted by Gasteiger charge is -2.11. The zero-order valence-electron chi connectivity index (χ0n) is 15.2. The molecule has 1 aromatic heterocycles. The van der Waals surface area contributed by atoms with Gasteiger partial charge in [-0.05, 0) is 52.7 Å². The number of nitro groups is 1. The largest absolute Gasteiger partial charge is 0.322 e. The maximum Gasteiger partial charge on any atom is 0.270 e. The fourth-order valence-electron chi connectivity index (χ4n) is 2.88. The Morgan fingerprint density at radius 1 is 1.14 bits per heavy atom. The summed E-state index contributed by atoms with van der Waals surface area (Å²) >= 11 is 4.87. The highest BCUT2D eigenvalue weighted by molar-refractivity contribution is 9.10. The molecule has 0 aliphatic rings. The summed E-state index contributed by atoms with van der Waals surface area (Å²) in [4.78, 5) is 27.9. The number of aryl methyl sites for hydroxylation is 1. The fourth-order valence-corrected chi connectivity index (χ4v) is 4.26. The number of amides is 1. The number of rotatable bonds is 4. The van der Waals surface area contributed by atoms with Crippen LogP contribution < -0.4 is 5.32 Å². The summed E-state index contributed by atoms with van der Waals surface area (Å²) in [7, 11) is 0. The molecule has 0 aliphatic heterocycles. The maximum absolute atomic E-state index is 12.8. The third-order valence-corrected chi connectivity index (χ3v) is 6.21. The van der Waals surface area contributed by atoms with Crippen molar-refractivity contribution >= 4 is 54.8 Å². The molecule has 29 heavy (non-hydrogen) atoms. The van der Waals surface area contributed by atoms with Crippen LogP contribution in [-0.4, -0.2) is 15.8 Å². The van der Waals surface area contributed by atoms with Crippen LogP contribution in [0.3, 0.4) is 0 Å². The van der Waals surface area contributed by atoms with Gasteiger partial charge in [0.05, 0.1) is 20.7 Å². The molecule has 1 heterocycles. The minimum Gasteiger partial charge on any atom is -0.322 e. The molecule has 1 amide bonds. The van der Waals surface area contributed by atoms with Crippen LogP contribution in [0.25, 0.3) is 20.8 Å². The second-order valence-corrected chi connectivity index (χ2v) is 8.28. The first-order valence-electron chi connectivity index (χ1n) is 8.64. The van der Waals surface area contributed by atoms with E-state index in [4.69, 9.17) is 0 Å². The van der Waals surface area contributed by atoms with E-state index in [1.54, 1.807) is 11.3 Å². The van der Waals surface area contributed by atoms with E-state index in [-0.39, 0.29) is 11.3 Å². The smallest absolute Gasteiger partial charge is 0.270 e. The van der Waals surface area contributed by atoms with E-state index in [1.807, 2.05) is 49.4 Å². The lowest BCUT2D eigenvalue weighted by molar-refractivity contribution is -0.384. The lowest BCUT2D eigenvalue weighted by atomic mass is 10.1. The Morgan fingerprint density at radius 3 is 2.69 bits per heavy atom. The van der Waals surface area contributed by atoms with Crippen LogP contribution in [0.15, 0.2) is 65.1 Å². The third-order valence-electron chi connectivity index (χ3n) is 4.43. The van der Waals surface area contributed by atoms with Crippen LogP contribution in [0.4, 0.5) is 11.4 Å². The molecule has 3 aromatic carbocycles. The molecule has 6 nitrogen and oxygen atoms in total. The highest BCUT2D eigenvalue weighted by atomic mass is 79.9. The number of carbonyl (C=O) groups is 1. The average Bonchev–Trinajstić information content (AvgIpc) is 3.14. The third kappa shape index (κ3) is 3.90. The van der Waals surface area contributed by atoms with Gasteiger partial charge in [0.15, 0.2) is 0 Å². The Balaban J connectivity index is 1.67. The van der Waals surface area contributed by atoms with E-state index in [9.17, 15) is 14.9 Å². The molecular weight excluding hydrogens is 454 g/mol. The minimum atomic E-state index is -0.526. The number of fused-ring (bicyclic) bond motifs is 1. The number of nitro benzene ring substituents is 1. The summed E-state index contributed by atoms with van der Waals surface area (Å²) in [6.45, 7) is 1.89. The summed E-state index contributed by atoms with van der Waals surface area (Å²) < 4.78 is 1.58. The predicted molar refractivity (Wildman–Crippen MR) is 119 cm³/mol. The van der Waals surface area contributed by atoms with E-state index < -0.39 is 10.8 Å². The number of hydrogen-bond acceptors (Lipinski definition) is 5. The topological polar surface area (TPSA) is 85.1 Å². The number of benzene rings is 3. The number of non-ortho nitro benzene ring substituents is 1.